The van der Waals surface area contributed by atoms with Gasteiger partial charge in [0.2, 0.25) is 5.89 Å². The zero-order valence-electron chi connectivity index (χ0n) is 27.3. The van der Waals surface area contributed by atoms with Crippen LogP contribution in [0.1, 0.15) is 40.5 Å². The second-order valence-electron chi connectivity index (χ2n) is 11.4. The topological polar surface area (TPSA) is 243 Å². The van der Waals surface area contributed by atoms with Crippen molar-refractivity contribution in [3.8, 4) is 22.9 Å². The number of halogens is 3. The highest BCUT2D eigenvalue weighted by Crippen LogP contribution is 2.39. The molecule has 0 spiro atoms. The van der Waals surface area contributed by atoms with Crippen LogP contribution in [0.3, 0.4) is 0 Å². The molecule has 3 aromatic carbocycles. The molecule has 272 valence electrons. The molecule has 4 rings (SSSR count). The normalized spacial score (nSPS) is 11.2. The molecule has 0 unspecified atom stereocenters. The van der Waals surface area contributed by atoms with Crippen LogP contribution >= 0.6 is 42.4 Å². The van der Waals surface area contributed by atoms with Gasteiger partial charge in [-0.1, -0.05) is 73.8 Å². The average Bonchev–Trinajstić information content (AvgIpc) is 3.39. The molecule has 1 heterocycles. The van der Waals surface area contributed by atoms with Gasteiger partial charge in [-0.3, -0.25) is 24.8 Å². The number of anilines is 1. The second-order valence-corrected chi connectivity index (χ2v) is 14.2. The van der Waals surface area contributed by atoms with E-state index >= 15 is 0 Å². The third kappa shape index (κ3) is 13.3. The monoisotopic (exact) mass is 777 g/mol. The first kappa shape index (κ1) is 42.0. The first-order valence-corrected chi connectivity index (χ1v) is 17.2. The van der Waals surface area contributed by atoms with E-state index in [0.29, 0.717) is 28.1 Å². The minimum Gasteiger partial charge on any atom is -0.489 e. The predicted molar refractivity (Wildman–Crippen MR) is 188 cm³/mol. The number of carboxylic acid groups (broad SMARTS) is 1. The van der Waals surface area contributed by atoms with Crippen LogP contribution in [-0.4, -0.2) is 54.5 Å². The third-order valence-corrected chi connectivity index (χ3v) is 7.29. The highest BCUT2D eigenvalue weighted by atomic mass is 35.5. The molecule has 6 N–H and O–H groups in total. The lowest BCUT2D eigenvalue weighted by Crippen LogP contribution is -2.23. The minimum atomic E-state index is -4.10. The molecule has 20 heteroatoms. The molecule has 0 fully saturated rings. The van der Waals surface area contributed by atoms with Gasteiger partial charge in [0.15, 0.2) is 0 Å². The Hall–Kier alpha value is -4.15. The lowest BCUT2D eigenvalue weighted by Gasteiger charge is -2.13. The van der Waals surface area contributed by atoms with Crippen molar-refractivity contribution in [3.05, 3.63) is 96.2 Å². The van der Waals surface area contributed by atoms with Gasteiger partial charge in [-0.25, -0.2) is 4.79 Å². The van der Waals surface area contributed by atoms with Gasteiger partial charge in [-0.15, -0.1) is 5.10 Å². The Balaban J connectivity index is 0.000000279. The van der Waals surface area contributed by atoms with Crippen LogP contribution in [0.25, 0.3) is 5.69 Å². The van der Waals surface area contributed by atoms with Gasteiger partial charge < -0.3 is 34.5 Å². The first-order chi connectivity index (χ1) is 23.1. The van der Waals surface area contributed by atoms with Crippen LogP contribution in [0.15, 0.2) is 63.8 Å². The van der Waals surface area contributed by atoms with Crippen LogP contribution in [0.5, 0.6) is 17.2 Å². The van der Waals surface area contributed by atoms with E-state index in [1.54, 1.807) is 30.3 Å². The quantitative estimate of drug-likeness (QED) is 0.0491. The predicted octanol–water partition coefficient (Wildman–Crippen LogP) is 6.64. The Morgan fingerprint density at radius 2 is 1.72 bits per heavy atom. The number of nitrogens with one attached hydrogen (secondary N) is 1. The number of carbonyl (C=O) groups is 1. The number of nitrogens with zero attached hydrogens (tertiary/aromatic N) is 3. The summed E-state index contributed by atoms with van der Waals surface area (Å²) in [5.41, 5.74) is 5.23. The Morgan fingerprint density at radius 1 is 1.10 bits per heavy atom. The molecule has 0 atom stereocenters. The number of benzene rings is 3. The van der Waals surface area contributed by atoms with E-state index < -0.39 is 37.1 Å². The average molecular weight is 779 g/mol. The van der Waals surface area contributed by atoms with Crippen LogP contribution in [-0.2, 0) is 14.8 Å². The van der Waals surface area contributed by atoms with Crippen molar-refractivity contribution >= 4 is 59.7 Å². The fourth-order valence-corrected chi connectivity index (χ4v) is 4.59. The van der Waals surface area contributed by atoms with Crippen molar-refractivity contribution in [1.82, 2.24) is 15.1 Å². The molecule has 50 heavy (non-hydrogen) atoms. The zero-order valence-corrected chi connectivity index (χ0v) is 30.5. The molecule has 16 nitrogen and oxygen atoms in total. The highest BCUT2D eigenvalue weighted by molar-refractivity contribution is 7.51. The van der Waals surface area contributed by atoms with Gasteiger partial charge >= 0.3 is 19.3 Å². The molecule has 0 saturated carbocycles. The van der Waals surface area contributed by atoms with E-state index in [1.165, 1.54) is 18.2 Å². The molecular formula is C30H35Cl3N5O11P. The number of ether oxygens (including phenoxy) is 2. The number of nitrogen functional groups attached to an aromatic ring is 1. The van der Waals surface area contributed by atoms with Crippen LogP contribution < -0.4 is 26.3 Å². The van der Waals surface area contributed by atoms with Crippen LogP contribution in [0.2, 0.25) is 15.1 Å². The number of aromatic nitrogens is 2. The summed E-state index contributed by atoms with van der Waals surface area (Å²) < 4.78 is 27.5. The summed E-state index contributed by atoms with van der Waals surface area (Å²) in [6.45, 7) is 9.03. The lowest BCUT2D eigenvalue weighted by molar-refractivity contribution is -0.383. The second kappa shape index (κ2) is 18.2. The molecule has 0 amide bonds. The molecule has 0 aliphatic rings. The number of hydrogen-bond donors (Lipinski definition) is 5. The fourth-order valence-electron chi connectivity index (χ4n) is 3.48. The molecule has 0 bridgehead atoms. The first-order valence-electron chi connectivity index (χ1n) is 14.3. The Morgan fingerprint density at radius 3 is 2.22 bits per heavy atom. The standard InChI is InChI=1S/C15H18Cl2N2O3.C12H9ClN2O3.C3H8NO5P/c1-8(2)21-12-7-11(9(16)6-10(12)17)19-14(20)22-13(18-19)15(3,4)5;13-11-10(18-8-4-2-1-3-5-8)7-6-9(12(11)14)15(16)17;5-3(6)1-4-2-10(7,8)9/h6-8H,1-5H3;1-7H,14H2;4H,1-2H2,(H,5,6)(H2,7,8,9). The van der Waals surface area contributed by atoms with Gasteiger partial charge in [0, 0.05) is 17.5 Å². The number of para-hydroxylation sites is 1. The van der Waals surface area contributed by atoms with Crippen LogP contribution in [0.4, 0.5) is 11.4 Å². The van der Waals surface area contributed by atoms with Crippen LogP contribution in [0, 0.1) is 10.1 Å². The molecule has 4 aromatic rings. The van der Waals surface area contributed by atoms with Crippen molar-refractivity contribution in [2.45, 2.75) is 46.1 Å². The van der Waals surface area contributed by atoms with E-state index in [0.717, 1.165) is 4.68 Å². The SMILES string of the molecule is CC(C)Oc1cc(-n2nc(C(C)(C)C)oc2=O)c(Cl)cc1Cl.Nc1c([N+](=O)[O-])ccc(Oc2ccccc2)c1Cl.O=C(O)CNCP(=O)(O)O. The largest absolute Gasteiger partial charge is 0.489 e. The van der Waals surface area contributed by atoms with E-state index in [1.807, 2.05) is 40.7 Å². The van der Waals surface area contributed by atoms with E-state index in [-0.39, 0.29) is 38.7 Å². The van der Waals surface area contributed by atoms with Gasteiger partial charge in [-0.05, 0) is 38.1 Å². The summed E-state index contributed by atoms with van der Waals surface area (Å²) >= 11 is 18.2. The van der Waals surface area contributed by atoms with Crippen molar-refractivity contribution in [2.24, 2.45) is 0 Å². The molecular weight excluding hydrogens is 744 g/mol. The van der Waals surface area contributed by atoms with E-state index in [2.05, 4.69) is 10.4 Å². The minimum absolute atomic E-state index is 0.0352. The zero-order chi connectivity index (χ0) is 38.0. The molecule has 0 aliphatic heterocycles. The Bertz CT molecular complexity index is 1890. The maximum atomic E-state index is 12.1. The molecule has 0 radical (unpaired) electrons. The summed E-state index contributed by atoms with van der Waals surface area (Å²) in [6, 6.07) is 14.7. The van der Waals surface area contributed by atoms with Crippen molar-refractivity contribution in [1.29, 1.82) is 0 Å². The number of aliphatic carboxylic acids is 1. The van der Waals surface area contributed by atoms with Gasteiger partial charge in [0.1, 0.15) is 28.0 Å². The number of nitro groups is 1. The highest BCUT2D eigenvalue weighted by Gasteiger charge is 2.24. The molecule has 0 saturated heterocycles. The summed E-state index contributed by atoms with van der Waals surface area (Å²) in [5.74, 6) is -0.130. The maximum Gasteiger partial charge on any atom is 0.442 e. The fraction of sp³-hybridized carbons (Fsp3) is 0.300. The number of nitro benzene ring substituents is 1. The number of rotatable bonds is 10. The van der Waals surface area contributed by atoms with Crippen molar-refractivity contribution in [3.63, 3.8) is 0 Å². The molecule has 0 aliphatic carbocycles. The number of nitrogens with two attached hydrogens (primary N) is 1. The van der Waals surface area contributed by atoms with Gasteiger partial charge in [-0.2, -0.15) is 4.68 Å². The van der Waals surface area contributed by atoms with Gasteiger partial charge in [0.05, 0.1) is 39.6 Å². The summed E-state index contributed by atoms with van der Waals surface area (Å²) in [7, 11) is -4.10. The Kier molecular flexibility index (Phi) is 15.3. The van der Waals surface area contributed by atoms with E-state index in [9.17, 15) is 24.3 Å². The van der Waals surface area contributed by atoms with Crippen molar-refractivity contribution in [2.75, 3.05) is 18.6 Å². The van der Waals surface area contributed by atoms with Gasteiger partial charge in [0.25, 0.3) is 5.69 Å². The summed E-state index contributed by atoms with van der Waals surface area (Å²) in [6.07, 6.45) is -0.662. The lowest BCUT2D eigenvalue weighted by atomic mass is 9.97. The number of carboxylic acids is 1. The summed E-state index contributed by atoms with van der Waals surface area (Å²) in [4.78, 5) is 48.3. The third-order valence-electron chi connectivity index (χ3n) is 5.66. The Labute approximate surface area is 301 Å². The summed E-state index contributed by atoms with van der Waals surface area (Å²) in [5, 5.41) is 25.6. The maximum absolute atomic E-state index is 12.1. The molecule has 1 aromatic heterocycles. The van der Waals surface area contributed by atoms with E-state index in [4.69, 9.17) is 69.3 Å². The number of hydrogen-bond acceptors (Lipinski definition) is 11. The smallest absolute Gasteiger partial charge is 0.442 e. The van der Waals surface area contributed by atoms with Crippen molar-refractivity contribution < 1.29 is 43.1 Å².